The first kappa shape index (κ1) is 13.8. The van der Waals surface area contributed by atoms with Crippen molar-refractivity contribution in [3.05, 3.63) is 59.7 Å². The van der Waals surface area contributed by atoms with Crippen molar-refractivity contribution in [3.63, 3.8) is 0 Å². The van der Waals surface area contributed by atoms with Crippen LogP contribution in [0.2, 0.25) is 0 Å². The summed E-state index contributed by atoms with van der Waals surface area (Å²) in [6.45, 7) is 1.69. The Kier molecular flexibility index (Phi) is 4.50. The molecule has 0 saturated carbocycles. The van der Waals surface area contributed by atoms with Gasteiger partial charge in [0.1, 0.15) is 5.75 Å². The molecule has 0 aromatic heterocycles. The summed E-state index contributed by atoms with van der Waals surface area (Å²) in [6, 6.07) is 14.4. The van der Waals surface area contributed by atoms with Crippen molar-refractivity contribution in [2.24, 2.45) is 0 Å². The lowest BCUT2D eigenvalue weighted by molar-refractivity contribution is -0.118. The molecular weight excluding hydrogens is 254 g/mol. The first-order chi connectivity index (χ1) is 9.70. The highest BCUT2D eigenvalue weighted by atomic mass is 16.5. The van der Waals surface area contributed by atoms with E-state index in [-0.39, 0.29) is 12.5 Å². The Hall–Kier alpha value is -2.62. The Balaban J connectivity index is 1.99. The van der Waals surface area contributed by atoms with Gasteiger partial charge in [0.05, 0.1) is 5.56 Å². The molecule has 20 heavy (non-hydrogen) atoms. The van der Waals surface area contributed by atoms with Gasteiger partial charge in [-0.2, -0.15) is 0 Å². The molecule has 0 aliphatic heterocycles. The van der Waals surface area contributed by atoms with E-state index in [1.165, 1.54) is 0 Å². The van der Waals surface area contributed by atoms with E-state index in [1.54, 1.807) is 24.3 Å². The topological polar surface area (TPSA) is 55.4 Å². The molecule has 0 heterocycles. The van der Waals surface area contributed by atoms with Gasteiger partial charge in [0.2, 0.25) is 0 Å². The fourth-order valence-corrected chi connectivity index (χ4v) is 1.82. The van der Waals surface area contributed by atoms with E-state index in [4.69, 9.17) is 4.74 Å². The summed E-state index contributed by atoms with van der Waals surface area (Å²) < 4.78 is 5.45. The second-order valence-electron chi connectivity index (χ2n) is 4.31. The van der Waals surface area contributed by atoms with E-state index >= 15 is 0 Å². The number of ether oxygens (including phenoxy) is 1. The predicted octanol–water partition coefficient (Wildman–Crippen LogP) is 2.83. The second kappa shape index (κ2) is 6.52. The number of hydrogen-bond donors (Lipinski definition) is 1. The van der Waals surface area contributed by atoms with Crippen LogP contribution in [-0.4, -0.2) is 18.8 Å². The van der Waals surface area contributed by atoms with E-state index in [2.05, 4.69) is 5.32 Å². The van der Waals surface area contributed by atoms with Crippen molar-refractivity contribution in [3.8, 4) is 5.75 Å². The van der Waals surface area contributed by atoms with Crippen LogP contribution in [-0.2, 0) is 4.79 Å². The van der Waals surface area contributed by atoms with Gasteiger partial charge in [-0.05, 0) is 30.7 Å². The number of aryl methyl sites for hydroxylation is 1. The molecule has 0 atom stereocenters. The van der Waals surface area contributed by atoms with Crippen molar-refractivity contribution in [1.82, 2.24) is 0 Å². The fraction of sp³-hybridized carbons (Fsp3) is 0.125. The van der Waals surface area contributed by atoms with Gasteiger partial charge < -0.3 is 10.1 Å². The monoisotopic (exact) mass is 269 g/mol. The maximum Gasteiger partial charge on any atom is 0.262 e. The molecule has 0 unspecified atom stereocenters. The largest absolute Gasteiger partial charge is 0.483 e. The Labute approximate surface area is 117 Å². The summed E-state index contributed by atoms with van der Waals surface area (Å²) >= 11 is 0. The van der Waals surface area contributed by atoms with Crippen LogP contribution in [0.4, 0.5) is 5.69 Å². The van der Waals surface area contributed by atoms with E-state index in [9.17, 15) is 9.59 Å². The number of para-hydroxylation sites is 2. The average molecular weight is 269 g/mol. The van der Waals surface area contributed by atoms with Gasteiger partial charge in [-0.3, -0.25) is 9.59 Å². The molecule has 4 heteroatoms. The number of aldehydes is 1. The van der Waals surface area contributed by atoms with Gasteiger partial charge in [0, 0.05) is 5.69 Å². The molecule has 2 aromatic carbocycles. The van der Waals surface area contributed by atoms with Gasteiger partial charge >= 0.3 is 0 Å². The zero-order chi connectivity index (χ0) is 14.4. The summed E-state index contributed by atoms with van der Waals surface area (Å²) in [7, 11) is 0. The van der Waals surface area contributed by atoms with Gasteiger partial charge in [-0.1, -0.05) is 30.3 Å². The van der Waals surface area contributed by atoms with Crippen LogP contribution in [0.1, 0.15) is 15.9 Å². The average Bonchev–Trinajstić information content (AvgIpc) is 2.46. The molecule has 4 nitrogen and oxygen atoms in total. The van der Waals surface area contributed by atoms with Crippen LogP contribution < -0.4 is 10.1 Å². The van der Waals surface area contributed by atoms with E-state index < -0.39 is 0 Å². The normalized spacial score (nSPS) is 9.85. The lowest BCUT2D eigenvalue weighted by atomic mass is 10.1. The highest BCUT2D eigenvalue weighted by Crippen LogP contribution is 2.21. The predicted molar refractivity (Wildman–Crippen MR) is 77.1 cm³/mol. The summed E-state index contributed by atoms with van der Waals surface area (Å²) in [5, 5.41) is 2.72. The van der Waals surface area contributed by atoms with Crippen molar-refractivity contribution in [1.29, 1.82) is 0 Å². The third-order valence-electron chi connectivity index (χ3n) is 2.77. The highest BCUT2D eigenvalue weighted by molar-refractivity contribution is 5.92. The van der Waals surface area contributed by atoms with E-state index in [1.807, 2.05) is 31.2 Å². The molecule has 2 aromatic rings. The van der Waals surface area contributed by atoms with Crippen molar-refractivity contribution in [2.45, 2.75) is 6.92 Å². The van der Waals surface area contributed by atoms with Crippen LogP contribution in [0, 0.1) is 6.92 Å². The van der Waals surface area contributed by atoms with E-state index in [0.29, 0.717) is 17.0 Å². The third-order valence-corrected chi connectivity index (χ3v) is 2.77. The smallest absolute Gasteiger partial charge is 0.262 e. The number of benzene rings is 2. The molecule has 0 radical (unpaired) electrons. The minimum atomic E-state index is -0.267. The Morgan fingerprint density at radius 3 is 2.60 bits per heavy atom. The summed E-state index contributed by atoms with van der Waals surface area (Å²) in [6.07, 6.45) is 0.720. The van der Waals surface area contributed by atoms with Gasteiger partial charge in [0.25, 0.3) is 5.91 Å². The molecule has 0 aliphatic rings. The Morgan fingerprint density at radius 2 is 1.90 bits per heavy atom. The molecule has 102 valence electrons. The fourth-order valence-electron chi connectivity index (χ4n) is 1.82. The van der Waals surface area contributed by atoms with Crippen LogP contribution in [0.5, 0.6) is 5.75 Å². The van der Waals surface area contributed by atoms with Crippen molar-refractivity contribution in [2.75, 3.05) is 11.9 Å². The Morgan fingerprint density at radius 1 is 1.15 bits per heavy atom. The zero-order valence-electron chi connectivity index (χ0n) is 11.1. The summed E-state index contributed by atoms with van der Waals surface area (Å²) in [5.74, 6) is 0.182. The van der Waals surface area contributed by atoms with E-state index in [0.717, 1.165) is 11.8 Å². The number of nitrogens with one attached hydrogen (secondary N) is 1. The van der Waals surface area contributed by atoms with Gasteiger partial charge in [0.15, 0.2) is 12.9 Å². The van der Waals surface area contributed by atoms with Crippen molar-refractivity contribution >= 4 is 17.9 Å². The van der Waals surface area contributed by atoms with Crippen LogP contribution in [0.15, 0.2) is 48.5 Å². The molecule has 0 fully saturated rings. The zero-order valence-corrected chi connectivity index (χ0v) is 11.1. The van der Waals surface area contributed by atoms with Crippen LogP contribution in [0.3, 0.4) is 0 Å². The Bertz CT molecular complexity index is 608. The number of rotatable bonds is 5. The second-order valence-corrected chi connectivity index (χ2v) is 4.31. The first-order valence-electron chi connectivity index (χ1n) is 6.23. The summed E-state index contributed by atoms with van der Waals surface area (Å²) in [4.78, 5) is 22.7. The standard InChI is InChI=1S/C16H15NO3/c1-12-6-5-7-13(10-18)16(12)20-11-15(19)17-14-8-3-2-4-9-14/h2-10H,11H2,1H3,(H,17,19). The van der Waals surface area contributed by atoms with Crippen LogP contribution >= 0.6 is 0 Å². The lowest BCUT2D eigenvalue weighted by Crippen LogP contribution is -2.20. The maximum absolute atomic E-state index is 11.8. The molecule has 1 N–H and O–H groups in total. The number of carbonyl (C=O) groups is 2. The number of carbonyl (C=O) groups excluding carboxylic acids is 2. The van der Waals surface area contributed by atoms with Gasteiger partial charge in [-0.25, -0.2) is 0 Å². The van der Waals surface area contributed by atoms with Gasteiger partial charge in [-0.15, -0.1) is 0 Å². The number of amides is 1. The van der Waals surface area contributed by atoms with Crippen molar-refractivity contribution < 1.29 is 14.3 Å². The minimum Gasteiger partial charge on any atom is -0.483 e. The molecular formula is C16H15NO3. The molecule has 0 saturated heterocycles. The SMILES string of the molecule is Cc1cccc(C=O)c1OCC(=O)Nc1ccccc1. The first-order valence-corrected chi connectivity index (χ1v) is 6.23. The maximum atomic E-state index is 11.8. The van der Waals surface area contributed by atoms with Crippen LogP contribution in [0.25, 0.3) is 0 Å². The summed E-state index contributed by atoms with van der Waals surface area (Å²) in [5.41, 5.74) is 1.97. The highest BCUT2D eigenvalue weighted by Gasteiger charge is 2.09. The molecule has 0 bridgehead atoms. The molecule has 2 rings (SSSR count). The minimum absolute atomic E-state index is 0.138. The number of hydrogen-bond acceptors (Lipinski definition) is 3. The third kappa shape index (κ3) is 3.45. The molecule has 0 aliphatic carbocycles. The molecule has 0 spiro atoms. The number of anilines is 1. The lowest BCUT2D eigenvalue weighted by Gasteiger charge is -2.11. The quantitative estimate of drug-likeness (QED) is 0.849. The molecule has 1 amide bonds.